The first kappa shape index (κ1) is 23.1. The van der Waals surface area contributed by atoms with E-state index in [1.165, 1.54) is 4.90 Å². The highest BCUT2D eigenvalue weighted by Gasteiger charge is 2.45. The third-order valence-corrected chi connectivity index (χ3v) is 5.79. The molecule has 34 heavy (non-hydrogen) atoms. The van der Waals surface area contributed by atoms with Crippen LogP contribution in [-0.4, -0.2) is 35.4 Å². The summed E-state index contributed by atoms with van der Waals surface area (Å²) in [6, 6.07) is 23.2. The smallest absolute Gasteiger partial charge is 0.295 e. The molecule has 6 nitrogen and oxygen atoms in total. The highest BCUT2D eigenvalue weighted by molar-refractivity contribution is 6.46. The molecule has 0 aliphatic carbocycles. The fourth-order valence-electron chi connectivity index (χ4n) is 4.16. The van der Waals surface area contributed by atoms with E-state index in [1.54, 1.807) is 49.6 Å². The van der Waals surface area contributed by atoms with Gasteiger partial charge in [0.05, 0.1) is 18.7 Å². The summed E-state index contributed by atoms with van der Waals surface area (Å²) in [5.41, 5.74) is 2.24. The molecule has 174 valence electrons. The maximum Gasteiger partial charge on any atom is 0.295 e. The summed E-state index contributed by atoms with van der Waals surface area (Å²) in [7, 11) is 1.54. The van der Waals surface area contributed by atoms with Crippen molar-refractivity contribution in [1.82, 2.24) is 4.90 Å². The second-order valence-electron chi connectivity index (χ2n) is 8.04. The van der Waals surface area contributed by atoms with E-state index >= 15 is 0 Å². The summed E-state index contributed by atoms with van der Waals surface area (Å²) in [5.74, 6) is -0.470. The van der Waals surface area contributed by atoms with Crippen LogP contribution in [0, 0.1) is 0 Å². The van der Waals surface area contributed by atoms with Gasteiger partial charge in [0.2, 0.25) is 0 Å². The number of benzene rings is 3. The van der Waals surface area contributed by atoms with Crippen molar-refractivity contribution in [3.05, 3.63) is 101 Å². The molecule has 3 aromatic carbocycles. The van der Waals surface area contributed by atoms with Crippen LogP contribution in [0.2, 0.25) is 0 Å². The normalized spacial score (nSPS) is 17.1. The van der Waals surface area contributed by atoms with Gasteiger partial charge in [-0.3, -0.25) is 9.59 Å². The number of rotatable bonds is 8. The number of aliphatic hydroxyl groups excluding tert-OH is 1. The number of likely N-dealkylation sites (tertiary alicyclic amines) is 1. The lowest BCUT2D eigenvalue weighted by molar-refractivity contribution is -0.139. The molecule has 1 heterocycles. The fraction of sp³-hybridized carbons (Fsp3) is 0.214. The molecule has 4 rings (SSSR count). The number of carbonyl (C=O) groups is 2. The zero-order valence-corrected chi connectivity index (χ0v) is 19.2. The van der Waals surface area contributed by atoms with E-state index in [2.05, 4.69) is 0 Å². The van der Waals surface area contributed by atoms with E-state index in [0.29, 0.717) is 42.2 Å². The van der Waals surface area contributed by atoms with Gasteiger partial charge in [-0.2, -0.15) is 0 Å². The number of methoxy groups -OCH3 is 1. The Kier molecular flexibility index (Phi) is 6.97. The molecular formula is C28H27NO5. The average molecular weight is 458 g/mol. The lowest BCUT2D eigenvalue weighted by Crippen LogP contribution is -2.30. The molecule has 1 aliphatic rings. The minimum atomic E-state index is -0.725. The number of Topliss-reactive ketones (excluding diaryl/α,β-unsaturated/α-hetero) is 1. The second-order valence-corrected chi connectivity index (χ2v) is 8.04. The van der Waals surface area contributed by atoms with Gasteiger partial charge in [0, 0.05) is 12.1 Å². The van der Waals surface area contributed by atoms with Gasteiger partial charge in [0.15, 0.2) is 11.5 Å². The summed E-state index contributed by atoms with van der Waals surface area (Å²) in [6.07, 6.45) is 0.671. The first-order valence-electron chi connectivity index (χ1n) is 11.2. The van der Waals surface area contributed by atoms with Crippen molar-refractivity contribution < 1.29 is 24.2 Å². The van der Waals surface area contributed by atoms with Crippen LogP contribution in [0.15, 0.2) is 84.4 Å². The van der Waals surface area contributed by atoms with Crippen LogP contribution < -0.4 is 9.47 Å². The van der Waals surface area contributed by atoms with E-state index in [-0.39, 0.29) is 11.3 Å². The molecule has 0 spiro atoms. The molecule has 1 amide bonds. The van der Waals surface area contributed by atoms with Gasteiger partial charge in [-0.15, -0.1) is 0 Å². The van der Waals surface area contributed by atoms with E-state index in [4.69, 9.17) is 9.47 Å². The van der Waals surface area contributed by atoms with E-state index < -0.39 is 17.7 Å². The van der Waals surface area contributed by atoms with Crippen molar-refractivity contribution >= 4 is 17.4 Å². The average Bonchev–Trinajstić information content (AvgIpc) is 3.13. The maximum absolute atomic E-state index is 13.0. The van der Waals surface area contributed by atoms with Gasteiger partial charge >= 0.3 is 0 Å². The SMILES string of the molecule is CCCN1C(=O)C(=O)/C(=C(\O)c2ccccc2)C1c1ccc(OCc2ccccc2)c(OC)c1. The molecule has 1 saturated heterocycles. The predicted octanol–water partition coefficient (Wildman–Crippen LogP) is 5.11. The summed E-state index contributed by atoms with van der Waals surface area (Å²) in [6.45, 7) is 2.70. The number of ether oxygens (including phenoxy) is 2. The summed E-state index contributed by atoms with van der Waals surface area (Å²) < 4.78 is 11.5. The molecule has 0 radical (unpaired) electrons. The third kappa shape index (κ3) is 4.53. The zero-order valence-electron chi connectivity index (χ0n) is 19.2. The standard InChI is InChI=1S/C28H27NO5/c1-3-16-29-25(24(27(31)28(29)32)26(30)20-12-8-5-9-13-20)21-14-15-22(23(17-21)33-2)34-18-19-10-6-4-7-11-19/h4-15,17,25,30H,3,16,18H2,1-2H3/b26-24-. The van der Waals surface area contributed by atoms with Gasteiger partial charge in [-0.25, -0.2) is 0 Å². The Bertz CT molecular complexity index is 1200. The number of hydrogen-bond donors (Lipinski definition) is 1. The van der Waals surface area contributed by atoms with Gasteiger partial charge in [0.1, 0.15) is 12.4 Å². The molecule has 0 bridgehead atoms. The zero-order chi connectivity index (χ0) is 24.1. The van der Waals surface area contributed by atoms with Crippen LogP contribution in [0.5, 0.6) is 11.5 Å². The predicted molar refractivity (Wildman–Crippen MR) is 130 cm³/mol. The lowest BCUT2D eigenvalue weighted by atomic mass is 9.95. The van der Waals surface area contributed by atoms with Crippen molar-refractivity contribution in [2.24, 2.45) is 0 Å². The van der Waals surface area contributed by atoms with Crippen molar-refractivity contribution in [1.29, 1.82) is 0 Å². The van der Waals surface area contributed by atoms with E-state index in [1.807, 2.05) is 43.3 Å². The summed E-state index contributed by atoms with van der Waals surface area (Å²) in [5, 5.41) is 11.0. The minimum absolute atomic E-state index is 0.0738. The first-order valence-corrected chi connectivity index (χ1v) is 11.2. The Hall–Kier alpha value is -4.06. The largest absolute Gasteiger partial charge is 0.507 e. The van der Waals surface area contributed by atoms with Crippen molar-refractivity contribution in [3.8, 4) is 11.5 Å². The number of hydrogen-bond acceptors (Lipinski definition) is 5. The Labute approximate surface area is 199 Å². The Morgan fingerprint density at radius 1 is 0.941 bits per heavy atom. The Balaban J connectivity index is 1.74. The third-order valence-electron chi connectivity index (χ3n) is 5.79. The van der Waals surface area contributed by atoms with Crippen LogP contribution in [0.4, 0.5) is 0 Å². The van der Waals surface area contributed by atoms with Crippen LogP contribution in [0.3, 0.4) is 0 Å². The first-order chi connectivity index (χ1) is 16.5. The molecular weight excluding hydrogens is 430 g/mol. The van der Waals surface area contributed by atoms with E-state index in [9.17, 15) is 14.7 Å². The van der Waals surface area contributed by atoms with Gasteiger partial charge in [-0.05, 0) is 29.7 Å². The second kappa shape index (κ2) is 10.3. The van der Waals surface area contributed by atoms with Crippen LogP contribution in [-0.2, 0) is 16.2 Å². The number of amides is 1. The number of carbonyl (C=O) groups excluding carboxylic acids is 2. The molecule has 0 saturated carbocycles. The number of aliphatic hydroxyl groups is 1. The van der Waals surface area contributed by atoms with Gasteiger partial charge in [-0.1, -0.05) is 73.7 Å². The Morgan fingerprint density at radius 2 is 1.62 bits per heavy atom. The topological polar surface area (TPSA) is 76.1 Å². The van der Waals surface area contributed by atoms with Crippen molar-refractivity contribution in [2.75, 3.05) is 13.7 Å². The fourth-order valence-corrected chi connectivity index (χ4v) is 4.16. The number of ketones is 1. The van der Waals surface area contributed by atoms with Crippen molar-refractivity contribution in [2.45, 2.75) is 26.0 Å². The highest BCUT2D eigenvalue weighted by Crippen LogP contribution is 2.42. The molecule has 1 aliphatic heterocycles. The van der Waals surface area contributed by atoms with Crippen LogP contribution in [0.25, 0.3) is 5.76 Å². The van der Waals surface area contributed by atoms with Crippen LogP contribution >= 0.6 is 0 Å². The molecule has 1 N–H and O–H groups in total. The summed E-state index contributed by atoms with van der Waals surface area (Å²) >= 11 is 0. The van der Waals surface area contributed by atoms with Gasteiger partial charge in [0.25, 0.3) is 11.7 Å². The molecule has 0 aromatic heterocycles. The molecule has 6 heteroatoms. The molecule has 1 unspecified atom stereocenters. The summed E-state index contributed by atoms with van der Waals surface area (Å²) in [4.78, 5) is 27.4. The number of nitrogens with zero attached hydrogens (tertiary/aromatic N) is 1. The minimum Gasteiger partial charge on any atom is -0.507 e. The maximum atomic E-state index is 13.0. The lowest BCUT2D eigenvalue weighted by Gasteiger charge is -2.25. The van der Waals surface area contributed by atoms with E-state index in [0.717, 1.165) is 5.56 Å². The molecule has 1 atom stereocenters. The van der Waals surface area contributed by atoms with Crippen molar-refractivity contribution in [3.63, 3.8) is 0 Å². The molecule has 3 aromatic rings. The monoisotopic (exact) mass is 457 g/mol. The van der Waals surface area contributed by atoms with Crippen LogP contribution in [0.1, 0.15) is 36.1 Å². The quantitative estimate of drug-likeness (QED) is 0.289. The Morgan fingerprint density at radius 3 is 2.26 bits per heavy atom. The highest BCUT2D eigenvalue weighted by atomic mass is 16.5. The van der Waals surface area contributed by atoms with Gasteiger partial charge < -0.3 is 19.5 Å². The molecule has 1 fully saturated rings.